The van der Waals surface area contributed by atoms with Gasteiger partial charge in [-0.25, -0.2) is 0 Å². The second kappa shape index (κ2) is 3.81. The molecule has 0 aromatic heterocycles. The van der Waals surface area contributed by atoms with Gasteiger partial charge in [0, 0.05) is 12.2 Å². The number of nitrogens with zero attached hydrogens (tertiary/aromatic N) is 1. The number of rotatable bonds is 1. The minimum absolute atomic E-state index is 0.0261. The third-order valence-electron chi connectivity index (χ3n) is 3.06. The van der Waals surface area contributed by atoms with Crippen LogP contribution in [0.1, 0.15) is 19.4 Å². The maximum absolute atomic E-state index is 11.5. The van der Waals surface area contributed by atoms with E-state index in [4.69, 9.17) is 0 Å². The number of nitrogens with one attached hydrogen (secondary N) is 1. The Bertz CT molecular complexity index is 412. The maximum Gasteiger partial charge on any atom is 0.239 e. The molecule has 0 bridgehead atoms. The number of benzene rings is 1. The quantitative estimate of drug-likeness (QED) is 0.778. The zero-order valence-corrected chi connectivity index (χ0v) is 10.1. The van der Waals surface area contributed by atoms with Gasteiger partial charge in [-0.05, 0) is 38.5 Å². The summed E-state index contributed by atoms with van der Waals surface area (Å²) in [6, 6.07) is 8.29. The van der Waals surface area contributed by atoms with Crippen molar-refractivity contribution < 1.29 is 4.79 Å². The average Bonchev–Trinajstić information content (AvgIpc) is 2.22. The molecule has 0 unspecified atom stereocenters. The number of carbonyl (C=O) groups is 1. The Hall–Kier alpha value is -1.51. The van der Waals surface area contributed by atoms with Gasteiger partial charge in [0.05, 0.1) is 12.1 Å². The number of piperazine rings is 1. The van der Waals surface area contributed by atoms with Crippen LogP contribution >= 0.6 is 0 Å². The van der Waals surface area contributed by atoms with E-state index in [1.54, 1.807) is 0 Å². The summed E-state index contributed by atoms with van der Waals surface area (Å²) in [6.45, 7) is 7.50. The molecule has 3 nitrogen and oxygen atoms in total. The lowest BCUT2D eigenvalue weighted by atomic mass is 9.98. The topological polar surface area (TPSA) is 32.3 Å². The summed E-state index contributed by atoms with van der Waals surface area (Å²) in [4.78, 5) is 13.6. The summed E-state index contributed by atoms with van der Waals surface area (Å²) in [7, 11) is 0. The summed E-state index contributed by atoms with van der Waals surface area (Å²) in [5, 5.41) is 2.91. The second-order valence-electron chi connectivity index (χ2n) is 5.01. The van der Waals surface area contributed by atoms with Crippen molar-refractivity contribution >= 4 is 11.6 Å². The number of aryl methyl sites for hydroxylation is 1. The predicted octanol–water partition coefficient (Wildman–Crippen LogP) is 1.71. The molecule has 1 saturated heterocycles. The van der Waals surface area contributed by atoms with Crippen molar-refractivity contribution in [1.29, 1.82) is 0 Å². The highest BCUT2D eigenvalue weighted by molar-refractivity contribution is 5.83. The molecule has 3 heteroatoms. The Morgan fingerprint density at radius 3 is 2.81 bits per heavy atom. The van der Waals surface area contributed by atoms with Gasteiger partial charge in [0.1, 0.15) is 0 Å². The molecule has 2 rings (SSSR count). The van der Waals surface area contributed by atoms with Crippen molar-refractivity contribution in [2.45, 2.75) is 26.3 Å². The fourth-order valence-corrected chi connectivity index (χ4v) is 2.06. The fraction of sp³-hybridized carbons (Fsp3) is 0.462. The Morgan fingerprint density at radius 1 is 1.38 bits per heavy atom. The van der Waals surface area contributed by atoms with Gasteiger partial charge in [-0.1, -0.05) is 12.1 Å². The Labute approximate surface area is 96.5 Å². The van der Waals surface area contributed by atoms with Gasteiger partial charge < -0.3 is 10.2 Å². The van der Waals surface area contributed by atoms with Crippen LogP contribution in [0.4, 0.5) is 5.69 Å². The van der Waals surface area contributed by atoms with Gasteiger partial charge in [0.2, 0.25) is 5.91 Å². The molecule has 1 amide bonds. The van der Waals surface area contributed by atoms with Crippen LogP contribution < -0.4 is 10.2 Å². The molecular formula is C13H18N2O. The molecule has 1 N–H and O–H groups in total. The van der Waals surface area contributed by atoms with Crippen molar-refractivity contribution in [2.24, 2.45) is 0 Å². The molecule has 1 aliphatic heterocycles. The number of carbonyl (C=O) groups excluding carboxylic acids is 1. The normalized spacial score (nSPS) is 19.4. The number of hydrogen-bond acceptors (Lipinski definition) is 2. The van der Waals surface area contributed by atoms with E-state index in [9.17, 15) is 4.79 Å². The molecule has 1 aliphatic rings. The van der Waals surface area contributed by atoms with Crippen molar-refractivity contribution in [2.75, 3.05) is 18.0 Å². The highest BCUT2D eigenvalue weighted by Crippen LogP contribution is 2.26. The smallest absolute Gasteiger partial charge is 0.239 e. The van der Waals surface area contributed by atoms with Crippen molar-refractivity contribution in [3.63, 3.8) is 0 Å². The summed E-state index contributed by atoms with van der Waals surface area (Å²) in [6.07, 6.45) is 0. The highest BCUT2D eigenvalue weighted by Gasteiger charge is 2.33. The minimum Gasteiger partial charge on any atom is -0.355 e. The Balaban J connectivity index is 2.33. The molecule has 0 saturated carbocycles. The van der Waals surface area contributed by atoms with Gasteiger partial charge >= 0.3 is 0 Å². The van der Waals surface area contributed by atoms with Crippen LogP contribution in [-0.2, 0) is 4.79 Å². The van der Waals surface area contributed by atoms with Gasteiger partial charge in [0.25, 0.3) is 0 Å². The summed E-state index contributed by atoms with van der Waals surface area (Å²) < 4.78 is 0. The summed E-state index contributed by atoms with van der Waals surface area (Å²) in [5.74, 6) is 0.0980. The lowest BCUT2D eigenvalue weighted by molar-refractivity contribution is -0.121. The Kier molecular flexibility index (Phi) is 2.62. The minimum atomic E-state index is -0.0261. The number of amides is 1. The van der Waals surface area contributed by atoms with Crippen LogP contribution in [0.15, 0.2) is 24.3 Å². The molecule has 16 heavy (non-hydrogen) atoms. The van der Waals surface area contributed by atoms with Crippen LogP contribution in [0.2, 0.25) is 0 Å². The first-order valence-corrected chi connectivity index (χ1v) is 5.60. The molecule has 0 atom stereocenters. The molecular weight excluding hydrogens is 200 g/mol. The van der Waals surface area contributed by atoms with Crippen LogP contribution in [0.25, 0.3) is 0 Å². The van der Waals surface area contributed by atoms with Gasteiger partial charge in [-0.3, -0.25) is 4.79 Å². The first kappa shape index (κ1) is 11.0. The van der Waals surface area contributed by atoms with Crippen LogP contribution in [-0.4, -0.2) is 24.5 Å². The van der Waals surface area contributed by atoms with E-state index < -0.39 is 0 Å². The van der Waals surface area contributed by atoms with Crippen molar-refractivity contribution in [3.05, 3.63) is 29.8 Å². The Morgan fingerprint density at radius 2 is 2.12 bits per heavy atom. The van der Waals surface area contributed by atoms with Crippen LogP contribution in [0.5, 0.6) is 0 Å². The number of anilines is 1. The molecule has 0 spiro atoms. The average molecular weight is 218 g/mol. The molecule has 1 heterocycles. The lowest BCUT2D eigenvalue weighted by Gasteiger charge is -2.43. The predicted molar refractivity (Wildman–Crippen MR) is 65.6 cm³/mol. The van der Waals surface area contributed by atoms with Crippen LogP contribution in [0, 0.1) is 6.92 Å². The van der Waals surface area contributed by atoms with E-state index in [2.05, 4.69) is 49.2 Å². The largest absolute Gasteiger partial charge is 0.355 e. The standard InChI is InChI=1S/C13H18N2O/c1-10-5-4-6-11(7-10)15-8-12(16)14-9-13(15,2)3/h4-7H,8-9H2,1-3H3,(H,14,16). The van der Waals surface area contributed by atoms with Crippen LogP contribution in [0.3, 0.4) is 0 Å². The second-order valence-corrected chi connectivity index (χ2v) is 5.01. The zero-order chi connectivity index (χ0) is 11.8. The van der Waals surface area contributed by atoms with E-state index in [-0.39, 0.29) is 11.4 Å². The fourth-order valence-electron chi connectivity index (χ4n) is 2.06. The van der Waals surface area contributed by atoms with Gasteiger partial charge in [-0.2, -0.15) is 0 Å². The molecule has 1 fully saturated rings. The molecule has 0 radical (unpaired) electrons. The van der Waals surface area contributed by atoms with Crippen molar-refractivity contribution in [3.8, 4) is 0 Å². The third kappa shape index (κ3) is 2.03. The third-order valence-corrected chi connectivity index (χ3v) is 3.06. The SMILES string of the molecule is Cc1cccc(N2CC(=O)NCC2(C)C)c1. The van der Waals surface area contributed by atoms with Gasteiger partial charge in [0.15, 0.2) is 0 Å². The first-order chi connectivity index (χ1) is 7.49. The molecule has 1 aromatic rings. The highest BCUT2D eigenvalue weighted by atomic mass is 16.2. The monoisotopic (exact) mass is 218 g/mol. The van der Waals surface area contributed by atoms with E-state index in [0.717, 1.165) is 5.69 Å². The molecule has 0 aliphatic carbocycles. The van der Waals surface area contributed by atoms with E-state index >= 15 is 0 Å². The number of hydrogen-bond donors (Lipinski definition) is 1. The molecule has 1 aromatic carbocycles. The lowest BCUT2D eigenvalue weighted by Crippen LogP contribution is -2.60. The van der Waals surface area contributed by atoms with E-state index in [1.807, 2.05) is 6.07 Å². The molecule has 86 valence electrons. The summed E-state index contributed by atoms with van der Waals surface area (Å²) in [5.41, 5.74) is 2.32. The van der Waals surface area contributed by atoms with Gasteiger partial charge in [-0.15, -0.1) is 0 Å². The summed E-state index contributed by atoms with van der Waals surface area (Å²) >= 11 is 0. The zero-order valence-electron chi connectivity index (χ0n) is 10.1. The van der Waals surface area contributed by atoms with E-state index in [0.29, 0.717) is 13.1 Å². The maximum atomic E-state index is 11.5. The van der Waals surface area contributed by atoms with E-state index in [1.165, 1.54) is 5.56 Å². The van der Waals surface area contributed by atoms with Crippen molar-refractivity contribution in [1.82, 2.24) is 5.32 Å². The first-order valence-electron chi connectivity index (χ1n) is 5.60.